The molecule has 9 heteroatoms. The van der Waals surface area contributed by atoms with Crippen LogP contribution in [0.2, 0.25) is 0 Å². The third-order valence-electron chi connectivity index (χ3n) is 7.34. The number of Topliss-reactive ketones (excluding diaryl/α,β-unsaturated/α-hetero) is 1. The quantitative estimate of drug-likeness (QED) is 0.271. The van der Waals surface area contributed by atoms with E-state index < -0.39 is 28.2 Å². The van der Waals surface area contributed by atoms with Crippen molar-refractivity contribution in [2.24, 2.45) is 5.41 Å². The van der Waals surface area contributed by atoms with Crippen LogP contribution in [0.25, 0.3) is 0 Å². The van der Waals surface area contributed by atoms with Crippen LogP contribution in [0.4, 0.5) is 5.69 Å². The number of methoxy groups -OCH3 is 1. The normalized spacial score (nSPS) is 22.4. The Morgan fingerprint density at radius 3 is 2.42 bits per heavy atom. The lowest BCUT2D eigenvalue weighted by Crippen LogP contribution is -2.39. The summed E-state index contributed by atoms with van der Waals surface area (Å²) in [4.78, 5) is 38.0. The lowest BCUT2D eigenvalue weighted by atomic mass is 9.68. The summed E-state index contributed by atoms with van der Waals surface area (Å²) in [7, 11) is 1.26. The summed E-state index contributed by atoms with van der Waals surface area (Å²) in [6.45, 7) is 5.75. The van der Waals surface area contributed by atoms with Crippen molar-refractivity contribution >= 4 is 17.4 Å². The van der Waals surface area contributed by atoms with E-state index in [0.717, 1.165) is 44.6 Å². The van der Waals surface area contributed by atoms with Crippen LogP contribution in [0.15, 0.2) is 34.7 Å². The first-order valence-electron chi connectivity index (χ1n) is 12.5. The van der Waals surface area contributed by atoms with Gasteiger partial charge in [-0.05, 0) is 56.1 Å². The number of benzene rings is 1. The first kappa shape index (κ1) is 25.7. The summed E-state index contributed by atoms with van der Waals surface area (Å²) in [5.74, 6) is -2.66. The lowest BCUT2D eigenvalue weighted by molar-refractivity contribution is -0.398. The van der Waals surface area contributed by atoms with Gasteiger partial charge in [-0.1, -0.05) is 26.7 Å². The fourth-order valence-electron chi connectivity index (χ4n) is 5.68. The number of carbonyl (C=O) groups excluding carboxylic acids is 2. The molecule has 36 heavy (non-hydrogen) atoms. The second-order valence-electron chi connectivity index (χ2n) is 10.8. The second-order valence-corrected chi connectivity index (χ2v) is 10.8. The van der Waals surface area contributed by atoms with Crippen LogP contribution >= 0.6 is 0 Å². The minimum Gasteiger partial charge on any atom is -0.865 e. The number of esters is 1. The van der Waals surface area contributed by atoms with Crippen molar-refractivity contribution in [2.75, 3.05) is 7.11 Å². The number of carbonyl (C=O) groups is 2. The molecule has 0 amide bonds. The number of nitrogens with zero attached hydrogens (tertiary/aromatic N) is 1. The molecular weight excluding hydrogens is 464 g/mol. The number of hydrogen-bond donors (Lipinski definition) is 1. The van der Waals surface area contributed by atoms with Crippen molar-refractivity contribution in [3.05, 3.63) is 50.4 Å². The van der Waals surface area contributed by atoms with Crippen molar-refractivity contribution in [1.29, 1.82) is 0 Å². The SMILES string of the molecule is COc1cc(C2C(C(=O)OC3CCCCCC3)=C(C)NC3=C2C(=O)CC(C)(C)C3)cc([N+](=O)[O-])c1[O-]. The van der Waals surface area contributed by atoms with Gasteiger partial charge in [-0.25, -0.2) is 4.79 Å². The van der Waals surface area contributed by atoms with Crippen molar-refractivity contribution in [1.82, 2.24) is 5.32 Å². The van der Waals surface area contributed by atoms with Crippen LogP contribution in [-0.4, -0.2) is 29.9 Å². The maximum absolute atomic E-state index is 13.6. The van der Waals surface area contributed by atoms with E-state index in [0.29, 0.717) is 23.4 Å². The third kappa shape index (κ3) is 4.96. The van der Waals surface area contributed by atoms with E-state index in [1.54, 1.807) is 6.92 Å². The molecule has 1 aromatic carbocycles. The van der Waals surface area contributed by atoms with Crippen LogP contribution in [0.5, 0.6) is 11.5 Å². The van der Waals surface area contributed by atoms with Crippen LogP contribution in [0, 0.1) is 15.5 Å². The van der Waals surface area contributed by atoms with Gasteiger partial charge in [0.15, 0.2) is 5.78 Å². The van der Waals surface area contributed by atoms with Gasteiger partial charge in [0.1, 0.15) is 11.9 Å². The molecule has 3 aliphatic rings. The van der Waals surface area contributed by atoms with E-state index in [4.69, 9.17) is 9.47 Å². The van der Waals surface area contributed by atoms with E-state index in [1.165, 1.54) is 13.2 Å². The van der Waals surface area contributed by atoms with Crippen LogP contribution in [0.3, 0.4) is 0 Å². The van der Waals surface area contributed by atoms with Crippen LogP contribution < -0.4 is 15.2 Å². The van der Waals surface area contributed by atoms with Gasteiger partial charge in [0.2, 0.25) is 0 Å². The standard InChI is InChI=1S/C27H34N2O7/c1-15-22(26(32)36-17-9-7-5-6-8-10-17)23(24-18(28-15)13-27(2,3)14-20(24)30)16-11-19(29(33)34)25(31)21(12-16)35-4/h11-12,17,23,28,31H,5-10,13-14H2,1-4H3/p-1. The highest BCUT2D eigenvalue weighted by Gasteiger charge is 2.44. The topological polar surface area (TPSA) is 131 Å². The number of rotatable bonds is 5. The Hall–Kier alpha value is -3.36. The molecule has 1 heterocycles. The van der Waals surface area contributed by atoms with Gasteiger partial charge < -0.3 is 19.9 Å². The molecular formula is C27H33N2O7-. The summed E-state index contributed by atoms with van der Waals surface area (Å²) in [5, 5.41) is 27.5. The molecule has 0 saturated heterocycles. The number of allylic oxidation sites excluding steroid dienone is 3. The molecule has 0 spiro atoms. The van der Waals surface area contributed by atoms with Gasteiger partial charge in [-0.15, -0.1) is 0 Å². The molecule has 1 unspecified atom stereocenters. The number of ether oxygens (including phenoxy) is 2. The van der Waals surface area contributed by atoms with E-state index in [-0.39, 0.29) is 40.6 Å². The van der Waals surface area contributed by atoms with Gasteiger partial charge in [0, 0.05) is 41.1 Å². The first-order valence-corrected chi connectivity index (χ1v) is 12.5. The molecule has 194 valence electrons. The Kier molecular flexibility index (Phi) is 7.11. The lowest BCUT2D eigenvalue weighted by Gasteiger charge is -2.39. The highest BCUT2D eigenvalue weighted by Crippen LogP contribution is 2.49. The number of nitro groups is 1. The molecule has 2 aliphatic carbocycles. The summed E-state index contributed by atoms with van der Waals surface area (Å²) >= 11 is 0. The molecule has 9 nitrogen and oxygen atoms in total. The van der Waals surface area contributed by atoms with E-state index in [1.807, 2.05) is 13.8 Å². The summed E-state index contributed by atoms with van der Waals surface area (Å²) < 4.78 is 11.1. The van der Waals surface area contributed by atoms with Gasteiger partial charge in [-0.3, -0.25) is 14.9 Å². The van der Waals surface area contributed by atoms with Gasteiger partial charge in [-0.2, -0.15) is 0 Å². The Balaban J connectivity index is 1.85. The molecule has 1 saturated carbocycles. The Morgan fingerprint density at radius 2 is 1.81 bits per heavy atom. The van der Waals surface area contributed by atoms with Crippen molar-refractivity contribution in [3.8, 4) is 11.5 Å². The molecule has 0 aromatic heterocycles. The van der Waals surface area contributed by atoms with Crippen LogP contribution in [-0.2, 0) is 14.3 Å². The predicted octanol–water partition coefficient (Wildman–Crippen LogP) is 4.55. The highest BCUT2D eigenvalue weighted by molar-refractivity contribution is 6.04. The summed E-state index contributed by atoms with van der Waals surface area (Å²) in [5.41, 5.74) is 1.20. The summed E-state index contributed by atoms with van der Waals surface area (Å²) in [6, 6.07) is 2.56. The first-order chi connectivity index (χ1) is 17.0. The zero-order valence-electron chi connectivity index (χ0n) is 21.3. The van der Waals surface area contributed by atoms with Gasteiger partial charge in [0.25, 0.3) is 5.69 Å². The number of ketones is 1. The molecule has 1 N–H and O–H groups in total. The van der Waals surface area contributed by atoms with Crippen molar-refractivity contribution in [3.63, 3.8) is 0 Å². The average Bonchev–Trinajstić information content (AvgIpc) is 3.05. The molecule has 1 atom stereocenters. The number of nitro benzene ring substituents is 1. The Morgan fingerprint density at radius 1 is 1.14 bits per heavy atom. The predicted molar refractivity (Wildman–Crippen MR) is 130 cm³/mol. The van der Waals surface area contributed by atoms with Crippen LogP contribution in [0.1, 0.15) is 83.6 Å². The minimum absolute atomic E-state index is 0.140. The maximum atomic E-state index is 13.6. The van der Waals surface area contributed by atoms with Crippen molar-refractivity contribution < 1.29 is 29.1 Å². The fourth-order valence-corrected chi connectivity index (χ4v) is 5.68. The van der Waals surface area contributed by atoms with Gasteiger partial charge >= 0.3 is 5.97 Å². The van der Waals surface area contributed by atoms with E-state index >= 15 is 0 Å². The minimum atomic E-state index is -0.906. The van der Waals surface area contributed by atoms with Crippen molar-refractivity contribution in [2.45, 2.75) is 84.2 Å². The molecule has 1 aromatic rings. The molecule has 0 radical (unpaired) electrons. The molecule has 1 fully saturated rings. The average molecular weight is 498 g/mol. The highest BCUT2D eigenvalue weighted by atomic mass is 16.6. The summed E-state index contributed by atoms with van der Waals surface area (Å²) in [6.07, 6.45) is 6.35. The van der Waals surface area contributed by atoms with E-state index in [2.05, 4.69) is 5.32 Å². The monoisotopic (exact) mass is 497 g/mol. The zero-order chi connectivity index (χ0) is 26.2. The molecule has 0 bridgehead atoms. The molecule has 4 rings (SSSR count). The van der Waals surface area contributed by atoms with E-state index in [9.17, 15) is 24.8 Å². The van der Waals surface area contributed by atoms with Gasteiger partial charge in [0.05, 0.1) is 17.6 Å². The Bertz CT molecular complexity index is 1160. The maximum Gasteiger partial charge on any atom is 0.337 e. The number of hydrogen-bond acceptors (Lipinski definition) is 8. The fraction of sp³-hybridized carbons (Fsp3) is 0.556. The number of dihydropyridines is 1. The zero-order valence-corrected chi connectivity index (χ0v) is 21.3. The second kappa shape index (κ2) is 9.95. The third-order valence-corrected chi connectivity index (χ3v) is 7.34. The largest absolute Gasteiger partial charge is 0.865 e. The Labute approximate surface area is 210 Å². The number of nitrogens with one attached hydrogen (secondary N) is 1. The molecule has 1 aliphatic heterocycles. The smallest absolute Gasteiger partial charge is 0.337 e.